The van der Waals surface area contributed by atoms with E-state index in [-0.39, 0.29) is 18.3 Å². The third kappa shape index (κ3) is 1.82. The van der Waals surface area contributed by atoms with Crippen molar-refractivity contribution in [2.24, 2.45) is 5.73 Å². The highest BCUT2D eigenvalue weighted by atomic mass is 19.1. The smallest absolute Gasteiger partial charge is 0.240 e. The van der Waals surface area contributed by atoms with Gasteiger partial charge < -0.3 is 10.3 Å². The van der Waals surface area contributed by atoms with E-state index in [9.17, 15) is 9.18 Å². The van der Waals surface area contributed by atoms with E-state index < -0.39 is 5.82 Å². The maximum absolute atomic E-state index is 13.0. The average molecular weight is 221 g/mol. The number of aromatic nitrogens is 2. The van der Waals surface area contributed by atoms with Crippen LogP contribution < -0.4 is 5.73 Å². The zero-order valence-corrected chi connectivity index (χ0v) is 8.18. The molecular weight excluding hydrogens is 213 g/mol. The average Bonchev–Trinajstić information content (AvgIpc) is 2.77. The number of rotatable bonds is 3. The van der Waals surface area contributed by atoms with Crippen LogP contribution in [0.1, 0.15) is 16.2 Å². The lowest BCUT2D eigenvalue weighted by atomic mass is 10.1. The fraction of sp³-hybridized carbons (Fsp3) is 0.100. The number of aldehydes is 1. The molecule has 0 spiro atoms. The first-order valence-electron chi connectivity index (χ1n) is 4.52. The predicted molar refractivity (Wildman–Crippen MR) is 53.0 cm³/mol. The summed E-state index contributed by atoms with van der Waals surface area (Å²) in [6.45, 7) is 0.0960. The molecule has 6 heteroatoms. The Labute approximate surface area is 90.1 Å². The lowest BCUT2D eigenvalue weighted by Gasteiger charge is -1.98. The van der Waals surface area contributed by atoms with Crippen molar-refractivity contribution in [1.82, 2.24) is 10.1 Å². The number of nitrogens with zero attached hydrogens (tertiary/aromatic N) is 2. The number of carbonyl (C=O) groups excluding carboxylic acids is 1. The molecule has 0 unspecified atom stereocenters. The van der Waals surface area contributed by atoms with Gasteiger partial charge in [0.2, 0.25) is 11.7 Å². The Balaban J connectivity index is 2.53. The monoisotopic (exact) mass is 221 g/mol. The first-order chi connectivity index (χ1) is 7.74. The molecule has 0 aliphatic heterocycles. The Morgan fingerprint density at radius 3 is 2.94 bits per heavy atom. The van der Waals surface area contributed by atoms with Crippen molar-refractivity contribution in [1.29, 1.82) is 0 Å². The van der Waals surface area contributed by atoms with Crippen molar-refractivity contribution in [3.05, 3.63) is 35.5 Å². The van der Waals surface area contributed by atoms with Crippen LogP contribution in [0, 0.1) is 5.82 Å². The Bertz CT molecular complexity index is 525. The summed E-state index contributed by atoms with van der Waals surface area (Å²) in [6, 6.07) is 3.72. The van der Waals surface area contributed by atoms with E-state index in [1.807, 2.05) is 0 Å². The van der Waals surface area contributed by atoms with E-state index in [0.717, 1.165) is 0 Å². The number of hydrogen-bond acceptors (Lipinski definition) is 5. The number of halogens is 1. The summed E-state index contributed by atoms with van der Waals surface area (Å²) in [6.07, 6.45) is 0.604. The quantitative estimate of drug-likeness (QED) is 0.786. The van der Waals surface area contributed by atoms with E-state index in [0.29, 0.717) is 17.4 Å². The lowest BCUT2D eigenvalue weighted by Crippen LogP contribution is -1.96. The fourth-order valence-electron chi connectivity index (χ4n) is 1.27. The number of nitrogens with two attached hydrogens (primary N) is 1. The van der Waals surface area contributed by atoms with Gasteiger partial charge in [-0.2, -0.15) is 4.98 Å². The topological polar surface area (TPSA) is 82.0 Å². The van der Waals surface area contributed by atoms with Gasteiger partial charge >= 0.3 is 0 Å². The number of hydrogen-bond donors (Lipinski definition) is 1. The van der Waals surface area contributed by atoms with E-state index >= 15 is 0 Å². The van der Waals surface area contributed by atoms with Crippen LogP contribution in [0.2, 0.25) is 0 Å². The first kappa shape index (κ1) is 10.4. The van der Waals surface area contributed by atoms with Crippen LogP contribution in [0.5, 0.6) is 0 Å². The second kappa shape index (κ2) is 4.19. The molecule has 16 heavy (non-hydrogen) atoms. The molecule has 0 radical (unpaired) electrons. The third-order valence-electron chi connectivity index (χ3n) is 2.03. The molecule has 1 heterocycles. The SMILES string of the molecule is NCc1nc(-c2cc(F)ccc2C=O)no1. The molecule has 2 aromatic rings. The van der Waals surface area contributed by atoms with Crippen molar-refractivity contribution in [3.63, 3.8) is 0 Å². The summed E-state index contributed by atoms with van der Waals surface area (Å²) >= 11 is 0. The van der Waals surface area contributed by atoms with Crippen LogP contribution in [0.15, 0.2) is 22.7 Å². The van der Waals surface area contributed by atoms with Gasteiger partial charge in [0.1, 0.15) is 5.82 Å². The van der Waals surface area contributed by atoms with Gasteiger partial charge in [-0.1, -0.05) is 5.16 Å². The van der Waals surface area contributed by atoms with Crippen molar-refractivity contribution < 1.29 is 13.7 Å². The Hall–Kier alpha value is -2.08. The molecule has 1 aromatic carbocycles. The minimum atomic E-state index is -0.473. The van der Waals surface area contributed by atoms with Crippen LogP contribution in [-0.4, -0.2) is 16.4 Å². The molecule has 0 aliphatic carbocycles. The largest absolute Gasteiger partial charge is 0.338 e. The Morgan fingerprint density at radius 2 is 2.31 bits per heavy atom. The zero-order chi connectivity index (χ0) is 11.5. The van der Waals surface area contributed by atoms with E-state index in [1.54, 1.807) is 0 Å². The van der Waals surface area contributed by atoms with Crippen molar-refractivity contribution in [2.75, 3.05) is 0 Å². The van der Waals surface area contributed by atoms with Gasteiger partial charge in [-0.25, -0.2) is 4.39 Å². The molecule has 0 amide bonds. The molecule has 0 fully saturated rings. The summed E-state index contributed by atoms with van der Waals surface area (Å²) in [5.74, 6) is -0.0853. The molecule has 0 saturated heterocycles. The maximum Gasteiger partial charge on any atom is 0.240 e. The molecule has 0 saturated carbocycles. The molecule has 2 N–H and O–H groups in total. The van der Waals surface area contributed by atoms with E-state index in [4.69, 9.17) is 10.3 Å². The van der Waals surface area contributed by atoms with E-state index in [2.05, 4.69) is 10.1 Å². The summed E-state index contributed by atoms with van der Waals surface area (Å²) < 4.78 is 17.8. The first-order valence-corrected chi connectivity index (χ1v) is 4.52. The normalized spacial score (nSPS) is 10.4. The zero-order valence-electron chi connectivity index (χ0n) is 8.18. The Morgan fingerprint density at radius 1 is 1.50 bits per heavy atom. The standard InChI is InChI=1S/C10H8FN3O2/c11-7-2-1-6(5-15)8(3-7)10-13-9(4-12)16-14-10/h1-3,5H,4,12H2. The second-order valence-corrected chi connectivity index (χ2v) is 3.07. The number of carbonyl (C=O) groups is 1. The van der Waals surface area contributed by atoms with Gasteiger partial charge in [0, 0.05) is 11.1 Å². The summed E-state index contributed by atoms with van der Waals surface area (Å²) in [5, 5.41) is 3.62. The maximum atomic E-state index is 13.0. The molecule has 82 valence electrons. The van der Waals surface area contributed by atoms with Crippen molar-refractivity contribution in [3.8, 4) is 11.4 Å². The summed E-state index contributed by atoms with van der Waals surface area (Å²) in [7, 11) is 0. The van der Waals surface area contributed by atoms with Gasteiger partial charge in [0.15, 0.2) is 6.29 Å². The third-order valence-corrected chi connectivity index (χ3v) is 2.03. The van der Waals surface area contributed by atoms with Crippen LogP contribution in [0.3, 0.4) is 0 Å². The van der Waals surface area contributed by atoms with Crippen LogP contribution >= 0.6 is 0 Å². The summed E-state index contributed by atoms with van der Waals surface area (Å²) in [4.78, 5) is 14.7. The van der Waals surface area contributed by atoms with Gasteiger partial charge in [-0.3, -0.25) is 4.79 Å². The Kier molecular flexibility index (Phi) is 2.74. The highest BCUT2D eigenvalue weighted by Gasteiger charge is 2.12. The summed E-state index contributed by atoms with van der Waals surface area (Å²) in [5.41, 5.74) is 5.89. The molecule has 2 rings (SSSR count). The van der Waals surface area contributed by atoms with Gasteiger partial charge in [0.05, 0.1) is 6.54 Å². The second-order valence-electron chi connectivity index (χ2n) is 3.07. The van der Waals surface area contributed by atoms with Gasteiger partial charge in [-0.15, -0.1) is 0 Å². The molecule has 0 aliphatic rings. The van der Waals surface area contributed by atoms with Crippen LogP contribution in [0.4, 0.5) is 4.39 Å². The molecule has 0 atom stereocenters. The molecular formula is C10H8FN3O2. The number of benzene rings is 1. The lowest BCUT2D eigenvalue weighted by molar-refractivity contribution is 0.112. The van der Waals surface area contributed by atoms with Crippen molar-refractivity contribution in [2.45, 2.75) is 6.54 Å². The molecule has 1 aromatic heterocycles. The van der Waals surface area contributed by atoms with Crippen LogP contribution in [0.25, 0.3) is 11.4 Å². The minimum Gasteiger partial charge on any atom is -0.338 e. The highest BCUT2D eigenvalue weighted by molar-refractivity contribution is 5.85. The van der Waals surface area contributed by atoms with Gasteiger partial charge in [0.25, 0.3) is 0 Å². The molecule has 5 nitrogen and oxygen atoms in total. The van der Waals surface area contributed by atoms with E-state index in [1.165, 1.54) is 18.2 Å². The molecule has 0 bridgehead atoms. The highest BCUT2D eigenvalue weighted by Crippen LogP contribution is 2.20. The predicted octanol–water partition coefficient (Wildman–Crippen LogP) is 1.15. The van der Waals surface area contributed by atoms with Crippen LogP contribution in [-0.2, 0) is 6.54 Å². The van der Waals surface area contributed by atoms with Gasteiger partial charge in [-0.05, 0) is 18.2 Å². The fourth-order valence-corrected chi connectivity index (χ4v) is 1.27. The van der Waals surface area contributed by atoms with Crippen molar-refractivity contribution >= 4 is 6.29 Å². The minimum absolute atomic E-state index is 0.0960.